The van der Waals surface area contributed by atoms with Crippen LogP contribution in [0.2, 0.25) is 0 Å². The van der Waals surface area contributed by atoms with Gasteiger partial charge in [-0.3, -0.25) is 0 Å². The van der Waals surface area contributed by atoms with Crippen LogP contribution >= 0.6 is 0 Å². The van der Waals surface area contributed by atoms with E-state index in [1.165, 1.54) is 9.80 Å². The maximum atomic E-state index is 10.7. The lowest BCUT2D eigenvalue weighted by molar-refractivity contribution is 0.191. The summed E-state index contributed by atoms with van der Waals surface area (Å²) in [4.78, 5) is 13.8. The number of carbonyl (C=O) groups excluding carboxylic acids is 1. The second-order valence-corrected chi connectivity index (χ2v) is 2.57. The van der Waals surface area contributed by atoms with E-state index >= 15 is 0 Å². The Morgan fingerprint density at radius 1 is 0.923 bits per heavy atom. The SMILES string of the molecule is CN(C)C(=O)N(C)C.F[B-](F)(F)F. The molecule has 0 atom stereocenters. The smallest absolute Gasteiger partial charge is 0.418 e. The third kappa shape index (κ3) is 18.2. The third-order valence-corrected chi connectivity index (χ3v) is 0.765. The van der Waals surface area contributed by atoms with Crippen molar-refractivity contribution in [1.29, 1.82) is 0 Å². The van der Waals surface area contributed by atoms with Gasteiger partial charge in [-0.15, -0.1) is 0 Å². The molecule has 8 heteroatoms. The molecule has 0 rings (SSSR count). The summed E-state index contributed by atoms with van der Waals surface area (Å²) < 4.78 is 39.0. The Labute approximate surface area is 74.4 Å². The Kier molecular flexibility index (Phi) is 6.34. The highest BCUT2D eigenvalue weighted by atomic mass is 19.5. The van der Waals surface area contributed by atoms with Crippen molar-refractivity contribution in [2.24, 2.45) is 0 Å². The summed E-state index contributed by atoms with van der Waals surface area (Å²) in [7, 11) is 0.898. The van der Waals surface area contributed by atoms with Gasteiger partial charge in [-0.2, -0.15) is 0 Å². The number of urea groups is 1. The van der Waals surface area contributed by atoms with E-state index in [9.17, 15) is 22.1 Å². The molecule has 0 aromatic heterocycles. The second-order valence-electron chi connectivity index (χ2n) is 2.57. The molecular formula is C5H12BF4N2O-. The van der Waals surface area contributed by atoms with Crippen molar-refractivity contribution in [1.82, 2.24) is 9.80 Å². The molecule has 0 aromatic carbocycles. The Bertz CT molecular complexity index is 143. The van der Waals surface area contributed by atoms with Crippen LogP contribution in [0, 0.1) is 0 Å². The first-order valence-corrected chi connectivity index (χ1v) is 3.31. The fourth-order valence-electron chi connectivity index (χ4n) is 0.400. The number of rotatable bonds is 0. The predicted molar refractivity (Wildman–Crippen MR) is 43.0 cm³/mol. The zero-order chi connectivity index (χ0) is 11.2. The molecule has 0 saturated heterocycles. The van der Waals surface area contributed by atoms with Gasteiger partial charge in [-0.25, -0.2) is 4.79 Å². The molecular weight excluding hydrogens is 191 g/mol. The van der Waals surface area contributed by atoms with E-state index in [2.05, 4.69) is 0 Å². The Hall–Kier alpha value is -0.945. The number of halogens is 4. The molecule has 0 aliphatic heterocycles. The van der Waals surface area contributed by atoms with Gasteiger partial charge in [0.25, 0.3) is 0 Å². The molecule has 0 spiro atoms. The number of carbonyl (C=O) groups is 1. The van der Waals surface area contributed by atoms with E-state index in [4.69, 9.17) is 0 Å². The molecule has 0 fully saturated rings. The Morgan fingerprint density at radius 2 is 1.08 bits per heavy atom. The number of amides is 2. The van der Waals surface area contributed by atoms with Gasteiger partial charge in [0, 0.05) is 28.2 Å². The van der Waals surface area contributed by atoms with Crippen molar-refractivity contribution in [2.75, 3.05) is 28.2 Å². The monoisotopic (exact) mass is 203 g/mol. The number of hydrogen-bond donors (Lipinski definition) is 0. The first-order valence-electron chi connectivity index (χ1n) is 3.31. The highest BCUT2D eigenvalue weighted by molar-refractivity contribution is 6.50. The predicted octanol–water partition coefficient (Wildman–Crippen LogP) is 1.53. The second kappa shape index (κ2) is 5.66. The van der Waals surface area contributed by atoms with E-state index < -0.39 is 7.25 Å². The normalized spacial score (nSPS) is 9.85. The van der Waals surface area contributed by atoms with E-state index in [-0.39, 0.29) is 6.03 Å². The summed E-state index contributed by atoms with van der Waals surface area (Å²) in [5.41, 5.74) is 0. The summed E-state index contributed by atoms with van der Waals surface area (Å²) in [5, 5.41) is 0. The van der Waals surface area contributed by atoms with Gasteiger partial charge in [0.05, 0.1) is 0 Å². The molecule has 0 bridgehead atoms. The fraction of sp³-hybridized carbons (Fsp3) is 0.800. The van der Waals surface area contributed by atoms with Crippen molar-refractivity contribution in [3.8, 4) is 0 Å². The molecule has 0 unspecified atom stereocenters. The summed E-state index contributed by atoms with van der Waals surface area (Å²) in [6.07, 6.45) is 0. The molecule has 0 N–H and O–H groups in total. The minimum Gasteiger partial charge on any atom is -0.418 e. The molecule has 0 aromatic rings. The van der Waals surface area contributed by atoms with E-state index in [0.717, 1.165) is 0 Å². The molecule has 0 saturated carbocycles. The Morgan fingerprint density at radius 3 is 1.08 bits per heavy atom. The van der Waals surface area contributed by atoms with Gasteiger partial charge >= 0.3 is 13.3 Å². The Balaban J connectivity index is 0. The fourth-order valence-corrected chi connectivity index (χ4v) is 0.400. The summed E-state index contributed by atoms with van der Waals surface area (Å²) in [6, 6.07) is 0.0185. The van der Waals surface area contributed by atoms with Crippen LogP contribution in [-0.4, -0.2) is 51.3 Å². The average molecular weight is 203 g/mol. The summed E-state index contributed by atoms with van der Waals surface area (Å²) >= 11 is 0. The molecule has 0 radical (unpaired) electrons. The molecule has 0 aliphatic rings. The molecule has 0 aliphatic carbocycles. The van der Waals surface area contributed by atoms with E-state index in [1.807, 2.05) is 0 Å². The standard InChI is InChI=1S/C5H12N2O.BF4/c1-6(2)5(8)7(3)4;2-1(3,4)5/h1-4H3;/q;-1. The highest BCUT2D eigenvalue weighted by Gasteiger charge is 2.20. The number of nitrogens with zero attached hydrogens (tertiary/aromatic N) is 2. The van der Waals surface area contributed by atoms with Gasteiger partial charge in [-0.1, -0.05) is 0 Å². The molecule has 3 nitrogen and oxygen atoms in total. The van der Waals surface area contributed by atoms with Crippen LogP contribution in [0.4, 0.5) is 22.1 Å². The molecule has 2 amide bonds. The van der Waals surface area contributed by atoms with E-state index in [1.54, 1.807) is 28.2 Å². The summed E-state index contributed by atoms with van der Waals surface area (Å²) in [5.74, 6) is 0. The van der Waals surface area contributed by atoms with Crippen molar-refractivity contribution < 1.29 is 22.1 Å². The first kappa shape index (κ1) is 14.6. The van der Waals surface area contributed by atoms with Gasteiger partial charge in [0.15, 0.2) is 0 Å². The van der Waals surface area contributed by atoms with E-state index in [0.29, 0.717) is 0 Å². The van der Waals surface area contributed by atoms with Gasteiger partial charge in [-0.05, 0) is 0 Å². The summed E-state index contributed by atoms with van der Waals surface area (Å²) in [6.45, 7) is 0. The zero-order valence-electron chi connectivity index (χ0n) is 7.89. The minimum atomic E-state index is -6.00. The van der Waals surface area contributed by atoms with Crippen LogP contribution in [0.5, 0.6) is 0 Å². The largest absolute Gasteiger partial charge is 0.673 e. The van der Waals surface area contributed by atoms with Crippen LogP contribution in [-0.2, 0) is 0 Å². The lowest BCUT2D eigenvalue weighted by atomic mass is 10.3. The van der Waals surface area contributed by atoms with Crippen LogP contribution < -0.4 is 0 Å². The maximum Gasteiger partial charge on any atom is 0.673 e. The van der Waals surface area contributed by atoms with Crippen LogP contribution in [0.25, 0.3) is 0 Å². The van der Waals surface area contributed by atoms with Gasteiger partial charge in [0.2, 0.25) is 0 Å². The van der Waals surface area contributed by atoms with Crippen molar-refractivity contribution in [2.45, 2.75) is 0 Å². The van der Waals surface area contributed by atoms with Crippen LogP contribution in [0.3, 0.4) is 0 Å². The number of hydrogen-bond acceptors (Lipinski definition) is 1. The molecule has 0 heterocycles. The zero-order valence-corrected chi connectivity index (χ0v) is 7.89. The third-order valence-electron chi connectivity index (χ3n) is 0.765. The lowest BCUT2D eigenvalue weighted by Gasteiger charge is -2.16. The van der Waals surface area contributed by atoms with Gasteiger partial charge < -0.3 is 27.1 Å². The van der Waals surface area contributed by atoms with Crippen LogP contribution in [0.1, 0.15) is 0 Å². The van der Waals surface area contributed by atoms with Crippen LogP contribution in [0.15, 0.2) is 0 Å². The topological polar surface area (TPSA) is 23.6 Å². The van der Waals surface area contributed by atoms with Crippen molar-refractivity contribution >= 4 is 13.3 Å². The lowest BCUT2D eigenvalue weighted by Crippen LogP contribution is -2.33. The maximum absolute atomic E-state index is 10.7. The first-order chi connectivity index (χ1) is 5.55. The molecule has 80 valence electrons. The highest BCUT2D eigenvalue weighted by Crippen LogP contribution is 2.06. The van der Waals surface area contributed by atoms with Gasteiger partial charge in [0.1, 0.15) is 0 Å². The molecule has 13 heavy (non-hydrogen) atoms. The van der Waals surface area contributed by atoms with Crippen molar-refractivity contribution in [3.05, 3.63) is 0 Å². The van der Waals surface area contributed by atoms with Crippen molar-refractivity contribution in [3.63, 3.8) is 0 Å². The quantitative estimate of drug-likeness (QED) is 0.432. The minimum absolute atomic E-state index is 0.0185. The average Bonchev–Trinajstić information content (AvgIpc) is 1.81.